The summed E-state index contributed by atoms with van der Waals surface area (Å²) in [4.78, 5) is 20.4. The summed E-state index contributed by atoms with van der Waals surface area (Å²) in [5.74, 6) is -5.53. The quantitative estimate of drug-likeness (QED) is 0.348. The molecule has 1 saturated heterocycles. The van der Waals surface area contributed by atoms with E-state index in [0.717, 1.165) is 17.7 Å². The molecule has 15 heteroatoms. The lowest BCUT2D eigenvalue weighted by atomic mass is 9.87. The van der Waals surface area contributed by atoms with E-state index in [0.29, 0.717) is 18.5 Å². The SMILES string of the molecule is C[C@@]1(C(F)(F)F)CN(c2ccc([C@H]3C(F)(F)[C@]3(C)C(=O)N3CCCC(S(C)(=O)=O)CC3)cc2)c2cnc3cc(Cl)nn3c21. The van der Waals surface area contributed by atoms with Crippen molar-refractivity contribution in [2.45, 2.75) is 61.8 Å². The summed E-state index contributed by atoms with van der Waals surface area (Å²) >= 11 is 5.97. The van der Waals surface area contributed by atoms with Crippen molar-refractivity contribution in [1.82, 2.24) is 19.5 Å². The molecule has 1 aliphatic carbocycles. The average molecular weight is 646 g/mol. The maximum atomic E-state index is 15.4. The van der Waals surface area contributed by atoms with Gasteiger partial charge in [-0.1, -0.05) is 23.7 Å². The van der Waals surface area contributed by atoms with E-state index in [1.807, 2.05) is 0 Å². The minimum Gasteiger partial charge on any atom is -0.342 e. The van der Waals surface area contributed by atoms with E-state index in [-0.39, 0.29) is 47.3 Å². The predicted molar refractivity (Wildman–Crippen MR) is 150 cm³/mol. The van der Waals surface area contributed by atoms with Gasteiger partial charge in [0.15, 0.2) is 10.8 Å². The largest absolute Gasteiger partial charge is 0.401 e. The van der Waals surface area contributed by atoms with Crippen LogP contribution in [-0.4, -0.2) is 77.1 Å². The maximum absolute atomic E-state index is 15.4. The lowest BCUT2D eigenvalue weighted by Crippen LogP contribution is -2.43. The van der Waals surface area contributed by atoms with E-state index >= 15 is 8.78 Å². The molecule has 8 nitrogen and oxygen atoms in total. The number of benzene rings is 1. The summed E-state index contributed by atoms with van der Waals surface area (Å²) in [7, 11) is -3.32. The second kappa shape index (κ2) is 9.50. The number of nitrogens with zero attached hydrogens (tertiary/aromatic N) is 5. The van der Waals surface area contributed by atoms with Gasteiger partial charge in [-0.2, -0.15) is 18.3 Å². The second-order valence-electron chi connectivity index (χ2n) is 12.2. The molecule has 4 atom stereocenters. The molecule has 3 aromatic rings. The number of hydrogen-bond donors (Lipinski definition) is 0. The van der Waals surface area contributed by atoms with Crippen LogP contribution in [0.5, 0.6) is 0 Å². The van der Waals surface area contributed by atoms with Gasteiger partial charge in [-0.3, -0.25) is 4.79 Å². The van der Waals surface area contributed by atoms with E-state index in [1.54, 1.807) is 0 Å². The van der Waals surface area contributed by atoms with E-state index in [1.165, 1.54) is 53.3 Å². The lowest BCUT2D eigenvalue weighted by molar-refractivity contribution is -0.181. The van der Waals surface area contributed by atoms with Crippen LogP contribution in [0.15, 0.2) is 36.5 Å². The van der Waals surface area contributed by atoms with Gasteiger partial charge in [-0.05, 0) is 50.8 Å². The van der Waals surface area contributed by atoms with Crippen molar-refractivity contribution in [3.05, 3.63) is 52.9 Å². The average Bonchev–Trinajstić information content (AvgIpc) is 3.05. The highest BCUT2D eigenvalue weighted by Crippen LogP contribution is 2.72. The number of hydrogen-bond acceptors (Lipinski definition) is 6. The van der Waals surface area contributed by atoms with E-state index in [2.05, 4.69) is 10.1 Å². The van der Waals surface area contributed by atoms with E-state index in [9.17, 15) is 26.4 Å². The van der Waals surface area contributed by atoms with Gasteiger partial charge < -0.3 is 9.80 Å². The van der Waals surface area contributed by atoms with Crippen LogP contribution in [0.1, 0.15) is 50.3 Å². The van der Waals surface area contributed by atoms with Gasteiger partial charge in [0.2, 0.25) is 5.91 Å². The number of carbonyl (C=O) groups excluding carboxylic acids is 1. The van der Waals surface area contributed by atoms with Crippen LogP contribution >= 0.6 is 11.6 Å². The number of amides is 1. The third kappa shape index (κ3) is 4.41. The Morgan fingerprint density at radius 3 is 2.40 bits per heavy atom. The van der Waals surface area contributed by atoms with Gasteiger partial charge in [0.05, 0.1) is 28.7 Å². The number of rotatable bonds is 4. The first kappa shape index (κ1) is 30.0. The first-order chi connectivity index (χ1) is 19.9. The molecule has 4 heterocycles. The molecule has 3 aliphatic rings. The zero-order valence-electron chi connectivity index (χ0n) is 23.5. The summed E-state index contributed by atoms with van der Waals surface area (Å²) in [5.41, 5.74) is -3.67. The van der Waals surface area contributed by atoms with Crippen LogP contribution in [0.3, 0.4) is 0 Å². The smallest absolute Gasteiger partial charge is 0.342 e. The normalized spacial score (nSPS) is 29.0. The number of alkyl halides is 5. The zero-order chi connectivity index (χ0) is 31.3. The molecule has 0 spiro atoms. The molecule has 1 saturated carbocycles. The van der Waals surface area contributed by atoms with E-state index in [4.69, 9.17) is 11.6 Å². The van der Waals surface area contributed by atoms with Crippen LogP contribution in [0.4, 0.5) is 33.3 Å². The maximum Gasteiger partial charge on any atom is 0.401 e. The van der Waals surface area contributed by atoms with Crippen molar-refractivity contribution < 1.29 is 35.2 Å². The van der Waals surface area contributed by atoms with Crippen molar-refractivity contribution in [2.24, 2.45) is 5.41 Å². The van der Waals surface area contributed by atoms with Crippen molar-refractivity contribution in [2.75, 3.05) is 30.8 Å². The van der Waals surface area contributed by atoms with Crippen molar-refractivity contribution >= 4 is 44.4 Å². The van der Waals surface area contributed by atoms with E-state index < -0.39 is 56.4 Å². The topological polar surface area (TPSA) is 87.9 Å². The van der Waals surface area contributed by atoms with Gasteiger partial charge in [0.1, 0.15) is 20.7 Å². The fourth-order valence-electron chi connectivity index (χ4n) is 6.75. The lowest BCUT2D eigenvalue weighted by Gasteiger charge is -2.28. The Balaban J connectivity index is 1.28. The monoisotopic (exact) mass is 645 g/mol. The number of likely N-dealkylation sites (tertiary alicyclic amines) is 1. The Morgan fingerprint density at radius 1 is 1.09 bits per heavy atom. The first-order valence-corrected chi connectivity index (χ1v) is 16.1. The molecule has 1 amide bonds. The standard InChI is InChI=1S/C28H29ClF5N5O3S/c1-25(28(32,33)34)15-38(19-14-35-21-13-20(29)36-39(21)23(19)25)17-8-6-16(7-9-17)22-26(2,27(22,30)31)24(40)37-11-4-5-18(10-12-37)43(3,41)42/h6-9,13-14,18,22H,4-5,10-12,15H2,1-3H3/t18?,22-,25-,26+/m1/s1. The van der Waals surface area contributed by atoms with Crippen LogP contribution in [0.25, 0.3) is 5.65 Å². The summed E-state index contributed by atoms with van der Waals surface area (Å²) in [6.07, 6.45) is -1.26. The van der Waals surface area contributed by atoms with Crippen molar-refractivity contribution in [3.63, 3.8) is 0 Å². The van der Waals surface area contributed by atoms with Gasteiger partial charge in [0, 0.05) is 37.6 Å². The minimum absolute atomic E-state index is 0.00780. The predicted octanol–water partition coefficient (Wildman–Crippen LogP) is 5.52. The first-order valence-electron chi connectivity index (χ1n) is 13.8. The van der Waals surface area contributed by atoms with Crippen LogP contribution in [0.2, 0.25) is 5.15 Å². The third-order valence-corrected chi connectivity index (χ3v) is 11.3. The van der Waals surface area contributed by atoms with Crippen LogP contribution < -0.4 is 4.90 Å². The number of anilines is 2. The molecule has 232 valence electrons. The summed E-state index contributed by atoms with van der Waals surface area (Å²) in [6.45, 7) is 2.05. The molecule has 2 aromatic heterocycles. The molecule has 0 N–H and O–H groups in total. The number of carbonyl (C=O) groups is 1. The Labute approximate surface area is 249 Å². The van der Waals surface area contributed by atoms with Crippen LogP contribution in [-0.2, 0) is 20.0 Å². The highest BCUT2D eigenvalue weighted by Gasteiger charge is 2.82. The minimum atomic E-state index is -4.66. The zero-order valence-corrected chi connectivity index (χ0v) is 25.1. The molecule has 2 aliphatic heterocycles. The number of halogens is 6. The third-order valence-electron chi connectivity index (χ3n) is 9.45. The molecule has 43 heavy (non-hydrogen) atoms. The van der Waals surface area contributed by atoms with Crippen molar-refractivity contribution in [1.29, 1.82) is 0 Å². The van der Waals surface area contributed by atoms with Gasteiger partial charge in [-0.15, -0.1) is 0 Å². The molecule has 0 radical (unpaired) electrons. The number of aromatic nitrogens is 3. The summed E-state index contributed by atoms with van der Waals surface area (Å²) in [6, 6.07) is 7.11. The van der Waals surface area contributed by atoms with Crippen molar-refractivity contribution in [3.8, 4) is 0 Å². The van der Waals surface area contributed by atoms with Crippen LogP contribution in [0, 0.1) is 5.41 Å². The summed E-state index contributed by atoms with van der Waals surface area (Å²) in [5, 5.41) is 3.39. The Hall–Kier alpha value is -3.00. The molecule has 1 aromatic carbocycles. The highest BCUT2D eigenvalue weighted by atomic mass is 35.5. The number of sulfone groups is 1. The Morgan fingerprint density at radius 2 is 1.77 bits per heavy atom. The molecular formula is C28H29ClF5N5O3S. The number of fused-ring (bicyclic) bond motifs is 3. The Kier molecular flexibility index (Phi) is 6.64. The van der Waals surface area contributed by atoms with Gasteiger partial charge in [-0.25, -0.2) is 26.7 Å². The fraction of sp³-hybridized carbons (Fsp3) is 0.536. The molecule has 1 unspecified atom stereocenters. The highest BCUT2D eigenvalue weighted by molar-refractivity contribution is 7.91. The summed E-state index contributed by atoms with van der Waals surface area (Å²) < 4.78 is 99.2. The van der Waals surface area contributed by atoms with Gasteiger partial charge >= 0.3 is 6.18 Å². The molecular weight excluding hydrogens is 617 g/mol. The second-order valence-corrected chi connectivity index (χ2v) is 14.9. The molecule has 0 bridgehead atoms. The van der Waals surface area contributed by atoms with Gasteiger partial charge in [0.25, 0.3) is 5.92 Å². The Bertz CT molecular complexity index is 1730. The molecule has 6 rings (SSSR count). The fourth-order valence-corrected chi connectivity index (χ4v) is 8.05. The molecule has 2 fully saturated rings.